The van der Waals surface area contributed by atoms with Crippen LogP contribution in [0.1, 0.15) is 22.3 Å². The van der Waals surface area contributed by atoms with Gasteiger partial charge in [0.25, 0.3) is 0 Å². The fraction of sp³-hybridized carbons (Fsp3) is 0.200. The molecule has 0 saturated heterocycles. The zero-order valence-corrected chi connectivity index (χ0v) is 15.4. The summed E-state index contributed by atoms with van der Waals surface area (Å²) in [6.45, 7) is 6.26. The number of nitrogens with zero attached hydrogens (tertiary/aromatic N) is 1. The maximum atomic E-state index is 12.0. The van der Waals surface area contributed by atoms with E-state index in [1.807, 2.05) is 30.5 Å². The Morgan fingerprint density at radius 3 is 2.80 bits per heavy atom. The number of benzene rings is 2. The fourth-order valence-electron chi connectivity index (χ4n) is 2.66. The summed E-state index contributed by atoms with van der Waals surface area (Å²) in [6, 6.07) is 12.2. The van der Waals surface area contributed by atoms with Crippen molar-refractivity contribution in [2.45, 2.75) is 25.7 Å². The summed E-state index contributed by atoms with van der Waals surface area (Å²) >= 11 is 1.54. The van der Waals surface area contributed by atoms with Gasteiger partial charge in [-0.3, -0.25) is 4.79 Å². The molecule has 0 aliphatic heterocycles. The van der Waals surface area contributed by atoms with Gasteiger partial charge in [-0.25, -0.2) is 5.43 Å². The van der Waals surface area contributed by atoms with Crippen LogP contribution < -0.4 is 5.43 Å². The molecule has 5 heteroatoms. The van der Waals surface area contributed by atoms with Gasteiger partial charge in [-0.05, 0) is 55.7 Å². The van der Waals surface area contributed by atoms with E-state index in [1.54, 1.807) is 6.21 Å². The molecule has 0 saturated carbocycles. The lowest BCUT2D eigenvalue weighted by Gasteiger charge is -2.08. The number of nitrogens with one attached hydrogen (secondary N) is 2. The molecule has 25 heavy (non-hydrogen) atoms. The Bertz CT molecular complexity index is 943. The first-order valence-corrected chi connectivity index (χ1v) is 9.12. The van der Waals surface area contributed by atoms with Gasteiger partial charge in [0, 0.05) is 27.6 Å². The number of H-pyrrole nitrogens is 1. The molecule has 0 spiro atoms. The maximum Gasteiger partial charge on any atom is 0.250 e. The average Bonchev–Trinajstić information content (AvgIpc) is 3.06. The molecule has 0 radical (unpaired) electrons. The van der Waals surface area contributed by atoms with Crippen LogP contribution in [0.5, 0.6) is 0 Å². The summed E-state index contributed by atoms with van der Waals surface area (Å²) in [6.07, 6.45) is 3.57. The molecule has 1 heterocycles. The van der Waals surface area contributed by atoms with Crippen LogP contribution in [0.15, 0.2) is 52.6 Å². The van der Waals surface area contributed by atoms with Crippen molar-refractivity contribution in [3.05, 3.63) is 64.8 Å². The van der Waals surface area contributed by atoms with Crippen LogP contribution in [0.4, 0.5) is 0 Å². The van der Waals surface area contributed by atoms with Crippen LogP contribution in [-0.2, 0) is 4.79 Å². The molecule has 0 fully saturated rings. The number of hydrazone groups is 1. The normalized spacial score (nSPS) is 11.3. The number of aromatic amines is 1. The van der Waals surface area contributed by atoms with Crippen molar-refractivity contribution in [2.24, 2.45) is 5.10 Å². The third-order valence-electron chi connectivity index (χ3n) is 4.17. The molecule has 0 aliphatic rings. The molecule has 3 rings (SSSR count). The van der Waals surface area contributed by atoms with E-state index in [9.17, 15) is 4.79 Å². The van der Waals surface area contributed by atoms with Gasteiger partial charge < -0.3 is 4.98 Å². The number of amides is 1. The van der Waals surface area contributed by atoms with Crippen LogP contribution in [-0.4, -0.2) is 22.9 Å². The molecule has 3 aromatic rings. The first-order valence-electron chi connectivity index (χ1n) is 8.13. The van der Waals surface area contributed by atoms with Gasteiger partial charge in [0.1, 0.15) is 0 Å². The van der Waals surface area contributed by atoms with Gasteiger partial charge in [0.15, 0.2) is 0 Å². The lowest BCUT2D eigenvalue weighted by atomic mass is 10.1. The van der Waals surface area contributed by atoms with Gasteiger partial charge in [0.2, 0.25) is 5.91 Å². The molecular weight excluding hydrogens is 330 g/mol. The molecule has 2 N–H and O–H groups in total. The smallest absolute Gasteiger partial charge is 0.250 e. The Kier molecular flexibility index (Phi) is 5.24. The van der Waals surface area contributed by atoms with Crippen molar-refractivity contribution in [2.75, 3.05) is 5.75 Å². The highest BCUT2D eigenvalue weighted by molar-refractivity contribution is 8.00. The Labute approximate surface area is 151 Å². The van der Waals surface area contributed by atoms with E-state index >= 15 is 0 Å². The Morgan fingerprint density at radius 1 is 1.16 bits per heavy atom. The predicted molar refractivity (Wildman–Crippen MR) is 105 cm³/mol. The number of carbonyl (C=O) groups is 1. The first kappa shape index (κ1) is 17.3. The third kappa shape index (κ3) is 4.12. The Morgan fingerprint density at radius 2 is 1.96 bits per heavy atom. The van der Waals surface area contributed by atoms with Gasteiger partial charge in [0.05, 0.1) is 12.0 Å². The Hall–Kier alpha value is -2.53. The van der Waals surface area contributed by atoms with Crippen molar-refractivity contribution in [1.29, 1.82) is 0 Å². The van der Waals surface area contributed by atoms with Gasteiger partial charge in [-0.15, -0.1) is 11.8 Å². The minimum absolute atomic E-state index is 0.111. The fourth-order valence-corrected chi connectivity index (χ4v) is 3.56. The highest BCUT2D eigenvalue weighted by Gasteiger charge is 2.06. The summed E-state index contributed by atoms with van der Waals surface area (Å²) in [5.41, 5.74) is 8.34. The molecule has 4 nitrogen and oxygen atoms in total. The van der Waals surface area contributed by atoms with Crippen LogP contribution in [0.2, 0.25) is 0 Å². The van der Waals surface area contributed by atoms with E-state index in [4.69, 9.17) is 0 Å². The van der Waals surface area contributed by atoms with Crippen molar-refractivity contribution in [3.8, 4) is 0 Å². The number of carbonyl (C=O) groups excluding carboxylic acids is 1. The van der Waals surface area contributed by atoms with Crippen LogP contribution in [0, 0.1) is 20.8 Å². The molecule has 0 aliphatic carbocycles. The van der Waals surface area contributed by atoms with Crippen molar-refractivity contribution in [3.63, 3.8) is 0 Å². The van der Waals surface area contributed by atoms with E-state index in [-0.39, 0.29) is 5.91 Å². The lowest BCUT2D eigenvalue weighted by molar-refractivity contribution is -0.118. The number of hydrogen-bond donors (Lipinski definition) is 2. The van der Waals surface area contributed by atoms with Crippen LogP contribution in [0.3, 0.4) is 0 Å². The molecule has 1 amide bonds. The van der Waals surface area contributed by atoms with E-state index in [1.165, 1.54) is 28.5 Å². The topological polar surface area (TPSA) is 57.2 Å². The number of fused-ring (bicyclic) bond motifs is 1. The van der Waals surface area contributed by atoms with Gasteiger partial charge in [-0.2, -0.15) is 5.10 Å². The van der Waals surface area contributed by atoms with Crippen molar-refractivity contribution < 1.29 is 4.79 Å². The second-order valence-corrected chi connectivity index (χ2v) is 7.09. The van der Waals surface area contributed by atoms with Gasteiger partial charge in [-0.1, -0.05) is 18.2 Å². The second-order valence-electron chi connectivity index (χ2n) is 6.07. The third-order valence-corrected chi connectivity index (χ3v) is 5.33. The molecule has 0 unspecified atom stereocenters. The van der Waals surface area contributed by atoms with E-state index in [0.29, 0.717) is 5.75 Å². The highest BCUT2D eigenvalue weighted by atomic mass is 32.2. The van der Waals surface area contributed by atoms with E-state index in [0.717, 1.165) is 21.4 Å². The minimum Gasteiger partial charge on any atom is -0.361 e. The summed E-state index contributed by atoms with van der Waals surface area (Å²) in [7, 11) is 0. The predicted octanol–water partition coefficient (Wildman–Crippen LogP) is 4.34. The maximum absolute atomic E-state index is 12.0. The molecule has 0 bridgehead atoms. The number of aryl methyl sites for hydroxylation is 3. The summed E-state index contributed by atoms with van der Waals surface area (Å²) in [4.78, 5) is 16.3. The van der Waals surface area contributed by atoms with Crippen LogP contribution >= 0.6 is 11.8 Å². The average molecular weight is 351 g/mol. The monoisotopic (exact) mass is 351 g/mol. The summed E-state index contributed by atoms with van der Waals surface area (Å²) in [5.74, 6) is 0.231. The second kappa shape index (κ2) is 7.57. The molecular formula is C20H21N3OS. The highest BCUT2D eigenvalue weighted by Crippen LogP contribution is 2.25. The zero-order chi connectivity index (χ0) is 17.8. The molecule has 2 aromatic carbocycles. The molecule has 128 valence electrons. The first-order chi connectivity index (χ1) is 12.0. The minimum atomic E-state index is -0.111. The number of thioether (sulfide) groups is 1. The molecule has 1 aromatic heterocycles. The molecule has 0 atom stereocenters. The number of aromatic nitrogens is 1. The SMILES string of the molecule is Cc1cc(C)c(SCC(=O)N/N=C/c2cccc3[nH]ccc23)cc1C. The number of hydrogen-bond acceptors (Lipinski definition) is 3. The van der Waals surface area contributed by atoms with Gasteiger partial charge >= 0.3 is 0 Å². The quantitative estimate of drug-likeness (QED) is 0.408. The summed E-state index contributed by atoms with van der Waals surface area (Å²) < 4.78 is 0. The number of rotatable bonds is 5. The van der Waals surface area contributed by atoms with Crippen molar-refractivity contribution in [1.82, 2.24) is 10.4 Å². The summed E-state index contributed by atoms with van der Waals surface area (Å²) in [5, 5.41) is 5.17. The zero-order valence-electron chi connectivity index (χ0n) is 14.6. The largest absolute Gasteiger partial charge is 0.361 e. The van der Waals surface area contributed by atoms with E-state index in [2.05, 4.69) is 48.4 Å². The standard InChI is InChI=1S/C20H21N3OS/c1-13-9-15(3)19(10-14(13)2)25-12-20(24)23-22-11-16-5-4-6-18-17(16)7-8-21-18/h4-11,21H,12H2,1-3H3,(H,23,24)/b22-11+. The van der Waals surface area contributed by atoms with Crippen molar-refractivity contribution >= 4 is 34.8 Å². The Balaban J connectivity index is 1.58. The van der Waals surface area contributed by atoms with Crippen LogP contribution in [0.25, 0.3) is 10.9 Å². The lowest BCUT2D eigenvalue weighted by Crippen LogP contribution is -2.19. The van der Waals surface area contributed by atoms with E-state index < -0.39 is 0 Å².